The first-order valence-electron chi connectivity index (χ1n) is 13.7. The number of Topliss-reactive ketones (excluding diaryl/α,β-unsaturated/α-hetero) is 1. The van der Waals surface area contributed by atoms with E-state index in [1.807, 2.05) is 122 Å². The molecule has 0 aliphatic carbocycles. The summed E-state index contributed by atoms with van der Waals surface area (Å²) in [5.74, 6) is 9.04. The van der Waals surface area contributed by atoms with Gasteiger partial charge >= 0.3 is 0 Å². The average molecular weight is 553 g/mol. The molecule has 0 bridgehead atoms. The summed E-state index contributed by atoms with van der Waals surface area (Å²) >= 11 is 0. The Morgan fingerprint density at radius 1 is 0.762 bits per heavy atom. The van der Waals surface area contributed by atoms with Crippen molar-refractivity contribution in [1.82, 2.24) is 0 Å². The van der Waals surface area contributed by atoms with Crippen molar-refractivity contribution < 1.29 is 19.0 Å². The van der Waals surface area contributed by atoms with E-state index in [2.05, 4.69) is 11.8 Å². The molecule has 0 amide bonds. The van der Waals surface area contributed by atoms with Gasteiger partial charge in [-0.05, 0) is 73.0 Å². The minimum Gasteiger partial charge on any atom is -0.497 e. The second-order valence-corrected chi connectivity index (χ2v) is 9.89. The van der Waals surface area contributed by atoms with Crippen LogP contribution in [0.1, 0.15) is 42.0 Å². The molecule has 4 nitrogen and oxygen atoms in total. The third-order valence-electron chi connectivity index (χ3n) is 7.16. The molecule has 1 aliphatic heterocycles. The molecule has 0 aromatic heterocycles. The molecule has 0 fully saturated rings. The highest BCUT2D eigenvalue weighted by Gasteiger charge is 2.34. The zero-order valence-electron chi connectivity index (χ0n) is 24.2. The number of carbonyl (C=O) groups is 1. The summed E-state index contributed by atoms with van der Waals surface area (Å²) in [6.07, 6.45) is 1.87. The molecule has 0 N–H and O–H groups in total. The molecule has 1 unspecified atom stereocenters. The Hall–Kier alpha value is -5.27. The number of rotatable bonds is 7. The third-order valence-corrected chi connectivity index (χ3v) is 7.16. The topological polar surface area (TPSA) is 44.8 Å². The van der Waals surface area contributed by atoms with Crippen molar-refractivity contribution in [2.75, 3.05) is 14.2 Å². The van der Waals surface area contributed by atoms with E-state index in [9.17, 15) is 4.79 Å². The maximum absolute atomic E-state index is 13.3. The number of ketones is 1. The van der Waals surface area contributed by atoms with Gasteiger partial charge in [0.1, 0.15) is 23.0 Å². The zero-order chi connectivity index (χ0) is 29.5. The number of allylic oxidation sites excluding steroid dienone is 4. The van der Waals surface area contributed by atoms with Crippen molar-refractivity contribution >= 4 is 17.4 Å². The highest BCUT2D eigenvalue weighted by molar-refractivity contribution is 6.04. The highest BCUT2D eigenvalue weighted by atomic mass is 16.5. The highest BCUT2D eigenvalue weighted by Crippen LogP contribution is 2.47. The monoisotopic (exact) mass is 552 g/mol. The van der Waals surface area contributed by atoms with E-state index in [1.165, 1.54) is 0 Å². The van der Waals surface area contributed by atoms with Crippen LogP contribution < -0.4 is 9.47 Å². The van der Waals surface area contributed by atoms with Crippen LogP contribution in [-0.2, 0) is 9.53 Å². The predicted molar refractivity (Wildman–Crippen MR) is 168 cm³/mol. The van der Waals surface area contributed by atoms with Gasteiger partial charge in [-0.1, -0.05) is 84.6 Å². The molecule has 0 saturated carbocycles. The molecule has 42 heavy (non-hydrogen) atoms. The van der Waals surface area contributed by atoms with Crippen LogP contribution in [-0.4, -0.2) is 20.0 Å². The van der Waals surface area contributed by atoms with Gasteiger partial charge in [-0.3, -0.25) is 4.79 Å². The predicted octanol–water partition coefficient (Wildman–Crippen LogP) is 8.23. The van der Waals surface area contributed by atoms with Crippen LogP contribution in [0.3, 0.4) is 0 Å². The molecule has 4 aromatic rings. The van der Waals surface area contributed by atoms with Gasteiger partial charge in [0.2, 0.25) is 0 Å². The molecule has 208 valence electrons. The molecule has 5 rings (SSSR count). The van der Waals surface area contributed by atoms with Gasteiger partial charge in [-0.25, -0.2) is 0 Å². The molecule has 4 aromatic carbocycles. The summed E-state index contributed by atoms with van der Waals surface area (Å²) < 4.78 is 17.4. The standard InChI is InChI=1S/C38H32O4/c1-26(39)35(25-29-15-20-32(40-3)21-16-29)38-37(30-13-9-6-10-14-30)36(31-18-22-33(41-4)23-19-31)34(27(2)42-38)24-17-28-11-7-5-8-12-28/h5-16,18-23,25,36H,1-4H3/b35-25-. The van der Waals surface area contributed by atoms with E-state index in [0.717, 1.165) is 44.9 Å². The molecule has 1 atom stereocenters. The van der Waals surface area contributed by atoms with Gasteiger partial charge in [-0.15, -0.1) is 0 Å². The van der Waals surface area contributed by atoms with Crippen LogP contribution in [0.25, 0.3) is 11.6 Å². The number of methoxy groups -OCH3 is 2. The minimum atomic E-state index is -0.295. The number of benzene rings is 4. The number of hydrogen-bond acceptors (Lipinski definition) is 4. The van der Waals surface area contributed by atoms with Crippen LogP contribution in [0, 0.1) is 11.8 Å². The van der Waals surface area contributed by atoms with Crippen LogP contribution in [0.4, 0.5) is 0 Å². The first-order valence-corrected chi connectivity index (χ1v) is 13.7. The molecule has 0 saturated heterocycles. The van der Waals surface area contributed by atoms with Gasteiger partial charge in [0.05, 0.1) is 25.4 Å². The summed E-state index contributed by atoms with van der Waals surface area (Å²) in [5.41, 5.74) is 5.92. The maximum Gasteiger partial charge on any atom is 0.163 e. The Morgan fingerprint density at radius 2 is 1.33 bits per heavy atom. The quantitative estimate of drug-likeness (QED) is 0.171. The number of hydrogen-bond donors (Lipinski definition) is 0. The molecule has 0 spiro atoms. The molecule has 1 heterocycles. The second kappa shape index (κ2) is 12.9. The second-order valence-electron chi connectivity index (χ2n) is 9.89. The molecular formula is C38H32O4. The Bertz CT molecular complexity index is 1710. The van der Waals surface area contributed by atoms with E-state index >= 15 is 0 Å². The lowest BCUT2D eigenvalue weighted by molar-refractivity contribution is -0.113. The summed E-state index contributed by atoms with van der Waals surface area (Å²) in [7, 11) is 3.28. The van der Waals surface area contributed by atoms with E-state index in [-0.39, 0.29) is 11.7 Å². The van der Waals surface area contributed by atoms with Gasteiger partial charge in [-0.2, -0.15) is 0 Å². The molecule has 1 aliphatic rings. The first kappa shape index (κ1) is 28.3. The number of carbonyl (C=O) groups excluding carboxylic acids is 1. The molecule has 4 heteroatoms. The summed E-state index contributed by atoms with van der Waals surface area (Å²) in [6.45, 7) is 3.49. The van der Waals surface area contributed by atoms with Crippen molar-refractivity contribution in [2.45, 2.75) is 19.8 Å². The zero-order valence-corrected chi connectivity index (χ0v) is 24.2. The van der Waals surface area contributed by atoms with Crippen molar-refractivity contribution in [3.63, 3.8) is 0 Å². The van der Waals surface area contributed by atoms with Crippen molar-refractivity contribution in [3.8, 4) is 23.3 Å². The van der Waals surface area contributed by atoms with Crippen molar-refractivity contribution in [2.24, 2.45) is 0 Å². The van der Waals surface area contributed by atoms with Gasteiger partial charge in [0.25, 0.3) is 0 Å². The fourth-order valence-electron chi connectivity index (χ4n) is 5.00. The van der Waals surface area contributed by atoms with Crippen molar-refractivity contribution in [3.05, 3.63) is 154 Å². The Kier molecular flexibility index (Phi) is 8.70. The smallest absolute Gasteiger partial charge is 0.163 e. The van der Waals surface area contributed by atoms with Gasteiger partial charge < -0.3 is 14.2 Å². The van der Waals surface area contributed by atoms with Crippen LogP contribution >= 0.6 is 0 Å². The summed E-state index contributed by atoms with van der Waals surface area (Å²) in [6, 6.07) is 35.5. The Labute approximate surface area is 247 Å². The van der Waals surface area contributed by atoms with Crippen LogP contribution in [0.2, 0.25) is 0 Å². The van der Waals surface area contributed by atoms with E-state index < -0.39 is 0 Å². The normalized spacial score (nSPS) is 15.0. The van der Waals surface area contributed by atoms with E-state index in [0.29, 0.717) is 17.1 Å². The van der Waals surface area contributed by atoms with Crippen LogP contribution in [0.5, 0.6) is 11.5 Å². The SMILES string of the molecule is COc1ccc(/C=C(/C(C)=O)C2=C(c3ccccc3)C(c3ccc(OC)cc3)C(C#Cc3ccccc3)=C(C)O2)cc1. The Balaban J connectivity index is 1.77. The largest absolute Gasteiger partial charge is 0.497 e. The first-order chi connectivity index (χ1) is 20.5. The fourth-order valence-corrected chi connectivity index (χ4v) is 5.00. The Morgan fingerprint density at radius 3 is 1.90 bits per heavy atom. The summed E-state index contributed by atoms with van der Waals surface area (Å²) in [4.78, 5) is 13.3. The maximum atomic E-state index is 13.3. The lowest BCUT2D eigenvalue weighted by atomic mass is 9.77. The molecule has 0 radical (unpaired) electrons. The molecular weight excluding hydrogens is 520 g/mol. The van der Waals surface area contributed by atoms with Crippen molar-refractivity contribution in [1.29, 1.82) is 0 Å². The third kappa shape index (κ3) is 6.22. The average Bonchev–Trinajstić information content (AvgIpc) is 3.03. The van der Waals surface area contributed by atoms with Gasteiger partial charge in [0, 0.05) is 17.1 Å². The van der Waals surface area contributed by atoms with Gasteiger partial charge in [0.15, 0.2) is 5.78 Å². The lowest BCUT2D eigenvalue weighted by Crippen LogP contribution is -2.18. The van der Waals surface area contributed by atoms with E-state index in [4.69, 9.17) is 14.2 Å². The lowest BCUT2D eigenvalue weighted by Gasteiger charge is -2.31. The fraction of sp³-hybridized carbons (Fsp3) is 0.132. The minimum absolute atomic E-state index is 0.102. The summed E-state index contributed by atoms with van der Waals surface area (Å²) in [5, 5.41) is 0. The van der Waals surface area contributed by atoms with Crippen LogP contribution in [0.15, 0.2) is 132 Å². The van der Waals surface area contributed by atoms with E-state index in [1.54, 1.807) is 21.1 Å². The number of ether oxygens (including phenoxy) is 3.